The average Bonchev–Trinajstić information content (AvgIpc) is 3.40. The predicted octanol–water partition coefficient (Wildman–Crippen LogP) is 5.62. The van der Waals surface area contributed by atoms with Gasteiger partial charge in [-0.15, -0.1) is 0 Å². The molecule has 0 aliphatic rings. The number of phenols is 1. The first kappa shape index (κ1) is 26.9. The number of aromatic nitrogens is 4. The Balaban J connectivity index is 1.22. The Morgan fingerprint density at radius 3 is 2.33 bits per heavy atom. The number of benzene rings is 3. The Hall–Kier alpha value is -5.34. The van der Waals surface area contributed by atoms with Crippen molar-refractivity contribution in [3.05, 3.63) is 120 Å². The standard InChI is InChI=1S/C34H30N6O2/c35-32-28(7-4-18-37-32)33-39-30-15-14-29(25-5-2-1-3-6-25)38-34(30)40(33)27-12-9-23(10-13-27)16-19-36-20-17-24-8-11-26(22-41)31(42)21-24/h1-15,18,21-22,36,42H,16-17,19-20H2,(H2,35,37). The molecule has 0 fully saturated rings. The molecule has 0 amide bonds. The lowest BCUT2D eigenvalue weighted by Gasteiger charge is -2.12. The van der Waals surface area contributed by atoms with Gasteiger partial charge in [-0.3, -0.25) is 9.36 Å². The number of nitrogen functional groups attached to an aromatic ring is 1. The highest BCUT2D eigenvalue weighted by molar-refractivity contribution is 5.84. The molecule has 208 valence electrons. The average molecular weight is 555 g/mol. The highest BCUT2D eigenvalue weighted by atomic mass is 16.3. The van der Waals surface area contributed by atoms with Gasteiger partial charge in [-0.05, 0) is 85.6 Å². The maximum atomic E-state index is 10.9. The van der Waals surface area contributed by atoms with Gasteiger partial charge >= 0.3 is 0 Å². The van der Waals surface area contributed by atoms with Crippen molar-refractivity contribution >= 4 is 23.3 Å². The number of nitrogens with zero attached hydrogens (tertiary/aromatic N) is 4. The molecule has 8 nitrogen and oxygen atoms in total. The largest absolute Gasteiger partial charge is 0.507 e. The number of pyridine rings is 2. The summed E-state index contributed by atoms with van der Waals surface area (Å²) in [6.45, 7) is 1.58. The van der Waals surface area contributed by atoms with E-state index >= 15 is 0 Å². The van der Waals surface area contributed by atoms with Gasteiger partial charge < -0.3 is 16.2 Å². The molecule has 3 aromatic heterocycles. The first-order valence-electron chi connectivity index (χ1n) is 13.8. The Labute approximate surface area is 243 Å². The summed E-state index contributed by atoms with van der Waals surface area (Å²) in [6, 6.07) is 31.4. The van der Waals surface area contributed by atoms with Crippen LogP contribution in [-0.4, -0.2) is 44.0 Å². The smallest absolute Gasteiger partial charge is 0.165 e. The zero-order valence-corrected chi connectivity index (χ0v) is 22.9. The second kappa shape index (κ2) is 12.0. The van der Waals surface area contributed by atoms with E-state index in [1.54, 1.807) is 18.3 Å². The van der Waals surface area contributed by atoms with Gasteiger partial charge in [0.05, 0.1) is 16.8 Å². The third-order valence-corrected chi connectivity index (χ3v) is 7.25. The number of aldehydes is 1. The third kappa shape index (κ3) is 5.61. The topological polar surface area (TPSA) is 119 Å². The van der Waals surface area contributed by atoms with Crippen molar-refractivity contribution in [2.75, 3.05) is 18.8 Å². The summed E-state index contributed by atoms with van der Waals surface area (Å²) in [5.41, 5.74) is 13.9. The van der Waals surface area contributed by atoms with Crippen LogP contribution in [-0.2, 0) is 12.8 Å². The van der Waals surface area contributed by atoms with E-state index in [2.05, 4.69) is 34.6 Å². The maximum absolute atomic E-state index is 10.9. The lowest BCUT2D eigenvalue weighted by Crippen LogP contribution is -2.20. The first-order chi connectivity index (χ1) is 20.6. The highest BCUT2D eigenvalue weighted by Crippen LogP contribution is 2.31. The summed E-state index contributed by atoms with van der Waals surface area (Å²) in [5.74, 6) is 1.12. The Morgan fingerprint density at radius 2 is 1.60 bits per heavy atom. The molecular formula is C34H30N6O2. The molecular weight excluding hydrogens is 524 g/mol. The zero-order chi connectivity index (χ0) is 28.9. The molecule has 6 rings (SSSR count). The predicted molar refractivity (Wildman–Crippen MR) is 166 cm³/mol. The molecule has 0 bridgehead atoms. The lowest BCUT2D eigenvalue weighted by molar-refractivity contribution is 0.112. The minimum Gasteiger partial charge on any atom is -0.507 e. The zero-order valence-electron chi connectivity index (χ0n) is 22.9. The molecule has 0 aliphatic carbocycles. The number of hydrogen-bond acceptors (Lipinski definition) is 7. The minimum atomic E-state index is 0.0223. The summed E-state index contributed by atoms with van der Waals surface area (Å²) in [6.07, 6.45) is 3.95. The third-order valence-electron chi connectivity index (χ3n) is 7.25. The summed E-state index contributed by atoms with van der Waals surface area (Å²) < 4.78 is 2.04. The normalized spacial score (nSPS) is 11.1. The number of carbonyl (C=O) groups excluding carboxylic acids is 1. The van der Waals surface area contributed by atoms with Crippen molar-refractivity contribution in [1.29, 1.82) is 0 Å². The fraction of sp³-hybridized carbons (Fsp3) is 0.118. The number of hydrogen-bond donors (Lipinski definition) is 3. The minimum absolute atomic E-state index is 0.0223. The molecule has 3 aromatic carbocycles. The number of fused-ring (bicyclic) bond motifs is 1. The van der Waals surface area contributed by atoms with Crippen LogP contribution in [0.15, 0.2) is 103 Å². The van der Waals surface area contributed by atoms with Crippen molar-refractivity contribution < 1.29 is 9.90 Å². The van der Waals surface area contributed by atoms with Gasteiger partial charge in [0.2, 0.25) is 0 Å². The molecule has 42 heavy (non-hydrogen) atoms. The molecule has 0 radical (unpaired) electrons. The number of imidazole rings is 1. The van der Waals surface area contributed by atoms with Crippen LogP contribution in [0.4, 0.5) is 5.82 Å². The number of aromatic hydroxyl groups is 1. The quantitative estimate of drug-likeness (QED) is 0.148. The molecule has 8 heteroatoms. The number of nitrogens with two attached hydrogens (primary N) is 1. The van der Waals surface area contributed by atoms with E-state index in [1.165, 1.54) is 5.56 Å². The van der Waals surface area contributed by atoms with E-state index in [9.17, 15) is 9.90 Å². The molecule has 6 aromatic rings. The van der Waals surface area contributed by atoms with Gasteiger partial charge in [-0.25, -0.2) is 15.0 Å². The highest BCUT2D eigenvalue weighted by Gasteiger charge is 2.18. The second-order valence-electron chi connectivity index (χ2n) is 10.0. The van der Waals surface area contributed by atoms with Crippen LogP contribution in [0.1, 0.15) is 21.5 Å². The fourth-order valence-electron chi connectivity index (χ4n) is 5.01. The maximum Gasteiger partial charge on any atom is 0.165 e. The molecule has 0 saturated heterocycles. The van der Waals surface area contributed by atoms with E-state index in [0.29, 0.717) is 23.5 Å². The van der Waals surface area contributed by atoms with Gasteiger partial charge in [0.1, 0.15) is 17.1 Å². The summed E-state index contributed by atoms with van der Waals surface area (Å²) in [4.78, 5) is 25.1. The second-order valence-corrected chi connectivity index (χ2v) is 10.0. The van der Waals surface area contributed by atoms with Crippen LogP contribution in [0.3, 0.4) is 0 Å². The molecule has 0 saturated carbocycles. The van der Waals surface area contributed by atoms with Crippen LogP contribution in [0.2, 0.25) is 0 Å². The first-order valence-corrected chi connectivity index (χ1v) is 13.8. The van der Waals surface area contributed by atoms with Crippen molar-refractivity contribution in [3.8, 4) is 34.1 Å². The molecule has 0 aliphatic heterocycles. The number of anilines is 1. The summed E-state index contributed by atoms with van der Waals surface area (Å²) >= 11 is 0. The van der Waals surface area contributed by atoms with Crippen LogP contribution in [0.5, 0.6) is 5.75 Å². The Bertz CT molecular complexity index is 1850. The van der Waals surface area contributed by atoms with Crippen molar-refractivity contribution in [2.24, 2.45) is 0 Å². The van der Waals surface area contributed by atoms with Crippen molar-refractivity contribution in [3.63, 3.8) is 0 Å². The molecule has 0 unspecified atom stereocenters. The molecule has 3 heterocycles. The SMILES string of the molecule is Nc1ncccc1-c1nc2ccc(-c3ccccc3)nc2n1-c1ccc(CCNCCc2ccc(C=O)c(O)c2)cc1. The van der Waals surface area contributed by atoms with Crippen LogP contribution in [0.25, 0.3) is 39.5 Å². The number of phenolic OH excluding ortho intramolecular Hbond substituents is 1. The Kier molecular flexibility index (Phi) is 7.70. The number of nitrogens with one attached hydrogen (secondary N) is 1. The van der Waals surface area contributed by atoms with Gasteiger partial charge in [-0.1, -0.05) is 48.5 Å². The van der Waals surface area contributed by atoms with Gasteiger partial charge in [0.25, 0.3) is 0 Å². The van der Waals surface area contributed by atoms with Gasteiger partial charge in [0.15, 0.2) is 17.8 Å². The van der Waals surface area contributed by atoms with Crippen LogP contribution in [0, 0.1) is 0 Å². The van der Waals surface area contributed by atoms with E-state index in [4.69, 9.17) is 15.7 Å². The Morgan fingerprint density at radius 1 is 0.833 bits per heavy atom. The van der Waals surface area contributed by atoms with Crippen LogP contribution < -0.4 is 11.1 Å². The van der Waals surface area contributed by atoms with Gasteiger partial charge in [0, 0.05) is 17.4 Å². The number of rotatable bonds is 10. The van der Waals surface area contributed by atoms with Crippen LogP contribution >= 0.6 is 0 Å². The monoisotopic (exact) mass is 554 g/mol. The van der Waals surface area contributed by atoms with Crippen molar-refractivity contribution in [2.45, 2.75) is 12.8 Å². The summed E-state index contributed by atoms with van der Waals surface area (Å²) in [7, 11) is 0. The van der Waals surface area contributed by atoms with E-state index in [0.717, 1.165) is 65.2 Å². The van der Waals surface area contributed by atoms with E-state index < -0.39 is 0 Å². The van der Waals surface area contributed by atoms with E-state index in [-0.39, 0.29) is 5.75 Å². The van der Waals surface area contributed by atoms with E-state index in [1.807, 2.05) is 65.2 Å². The van der Waals surface area contributed by atoms with Crippen molar-refractivity contribution in [1.82, 2.24) is 24.8 Å². The number of carbonyl (C=O) groups is 1. The molecule has 0 atom stereocenters. The molecule has 4 N–H and O–H groups in total. The van der Waals surface area contributed by atoms with Gasteiger partial charge in [-0.2, -0.15) is 0 Å². The fourth-order valence-corrected chi connectivity index (χ4v) is 5.01. The summed E-state index contributed by atoms with van der Waals surface area (Å²) in [5, 5.41) is 13.3. The molecule has 0 spiro atoms. The lowest BCUT2D eigenvalue weighted by atomic mass is 10.1.